The Morgan fingerprint density at radius 2 is 2.24 bits per heavy atom. The van der Waals surface area contributed by atoms with Crippen LogP contribution >= 0.6 is 22.7 Å². The molecule has 2 rings (SSSR count). The molecule has 0 saturated carbocycles. The number of hydrogen-bond donors (Lipinski definition) is 2. The number of nitrogens with one attached hydrogen (secondary N) is 1. The summed E-state index contributed by atoms with van der Waals surface area (Å²) in [6.45, 7) is 4.27. The maximum Gasteiger partial charge on any atom is 0.347 e. The zero-order valence-corrected chi connectivity index (χ0v) is 11.0. The molecule has 0 fully saturated rings. The molecular weight excluding hydrogens is 258 g/mol. The van der Waals surface area contributed by atoms with Crippen LogP contribution in [0, 0.1) is 13.8 Å². The van der Waals surface area contributed by atoms with Gasteiger partial charge in [0.15, 0.2) is 5.13 Å². The maximum atomic E-state index is 10.9. The molecular formula is C10H11N3O2S2. The number of carbonyl (C=O) groups is 1. The molecule has 2 heterocycles. The van der Waals surface area contributed by atoms with Gasteiger partial charge in [-0.2, -0.15) is 0 Å². The zero-order chi connectivity index (χ0) is 12.4. The molecule has 0 aromatic carbocycles. The van der Waals surface area contributed by atoms with Crippen LogP contribution in [-0.2, 0) is 6.54 Å². The predicted molar refractivity (Wildman–Crippen MR) is 68.0 cm³/mol. The predicted octanol–water partition coefficient (Wildman–Crippen LogP) is 2.53. The lowest BCUT2D eigenvalue weighted by atomic mass is 10.4. The molecule has 0 aliphatic rings. The van der Waals surface area contributed by atoms with Crippen LogP contribution in [0.4, 0.5) is 5.13 Å². The number of thiazole rings is 2. The largest absolute Gasteiger partial charge is 0.477 e. The smallest absolute Gasteiger partial charge is 0.347 e. The first-order valence-corrected chi connectivity index (χ1v) is 6.61. The standard InChI is InChI=1S/C10H11N3O2S2/c1-5-7(16-4-12-5)3-11-10-13-6(2)8(17-10)9(14)15/h4H,3H2,1-2H3,(H,11,13)(H,14,15). The van der Waals surface area contributed by atoms with Crippen molar-refractivity contribution in [2.24, 2.45) is 0 Å². The Kier molecular flexibility index (Phi) is 3.39. The van der Waals surface area contributed by atoms with Gasteiger partial charge in [0.25, 0.3) is 0 Å². The summed E-state index contributed by atoms with van der Waals surface area (Å²) in [5.41, 5.74) is 3.34. The second-order valence-electron chi connectivity index (χ2n) is 3.45. The Labute approximate surface area is 106 Å². The van der Waals surface area contributed by atoms with E-state index in [1.807, 2.05) is 6.92 Å². The van der Waals surface area contributed by atoms with Gasteiger partial charge in [0.2, 0.25) is 0 Å². The summed E-state index contributed by atoms with van der Waals surface area (Å²) in [4.78, 5) is 20.6. The third-order valence-electron chi connectivity index (χ3n) is 2.24. The minimum absolute atomic E-state index is 0.286. The molecule has 0 radical (unpaired) electrons. The van der Waals surface area contributed by atoms with Crippen molar-refractivity contribution in [1.82, 2.24) is 9.97 Å². The SMILES string of the molecule is Cc1ncsc1CNc1nc(C)c(C(=O)O)s1. The van der Waals surface area contributed by atoms with E-state index < -0.39 is 5.97 Å². The lowest BCUT2D eigenvalue weighted by molar-refractivity contribution is 0.0701. The molecule has 0 spiro atoms. The fourth-order valence-electron chi connectivity index (χ4n) is 1.32. The normalized spacial score (nSPS) is 10.5. The van der Waals surface area contributed by atoms with Gasteiger partial charge >= 0.3 is 5.97 Å². The Balaban J connectivity index is 2.07. The molecule has 0 unspecified atom stereocenters. The summed E-state index contributed by atoms with van der Waals surface area (Å²) in [6, 6.07) is 0. The second kappa shape index (κ2) is 4.80. The van der Waals surface area contributed by atoms with Crippen LogP contribution < -0.4 is 5.32 Å². The third-order valence-corrected chi connectivity index (χ3v) is 4.27. The van der Waals surface area contributed by atoms with Crippen molar-refractivity contribution < 1.29 is 9.90 Å². The number of nitrogens with zero attached hydrogens (tertiary/aromatic N) is 2. The van der Waals surface area contributed by atoms with Gasteiger partial charge < -0.3 is 10.4 Å². The molecule has 0 saturated heterocycles. The van der Waals surface area contributed by atoms with E-state index in [0.29, 0.717) is 17.4 Å². The summed E-state index contributed by atoms with van der Waals surface area (Å²) in [7, 11) is 0. The van der Waals surface area contributed by atoms with E-state index in [1.54, 1.807) is 23.8 Å². The van der Waals surface area contributed by atoms with Crippen LogP contribution in [0.25, 0.3) is 0 Å². The summed E-state index contributed by atoms with van der Waals surface area (Å²) in [6.07, 6.45) is 0. The van der Waals surface area contributed by atoms with Crippen LogP contribution in [-0.4, -0.2) is 21.0 Å². The summed E-state index contributed by atoms with van der Waals surface area (Å²) in [5.74, 6) is -0.929. The molecule has 2 aromatic heterocycles. The lowest BCUT2D eigenvalue weighted by Gasteiger charge is -1.99. The zero-order valence-electron chi connectivity index (χ0n) is 9.35. The van der Waals surface area contributed by atoms with Gasteiger partial charge in [0, 0.05) is 4.88 Å². The van der Waals surface area contributed by atoms with E-state index in [0.717, 1.165) is 21.9 Å². The Bertz CT molecular complexity index is 547. The lowest BCUT2D eigenvalue weighted by Crippen LogP contribution is -1.98. The van der Waals surface area contributed by atoms with Crippen LogP contribution in [0.5, 0.6) is 0 Å². The third kappa shape index (κ3) is 2.62. The first kappa shape index (κ1) is 12.0. The van der Waals surface area contributed by atoms with Gasteiger partial charge in [-0.05, 0) is 13.8 Å². The fraction of sp³-hybridized carbons (Fsp3) is 0.300. The van der Waals surface area contributed by atoms with Gasteiger partial charge in [-0.1, -0.05) is 11.3 Å². The highest BCUT2D eigenvalue weighted by molar-refractivity contribution is 7.17. The van der Waals surface area contributed by atoms with E-state index in [-0.39, 0.29) is 4.88 Å². The van der Waals surface area contributed by atoms with E-state index in [1.165, 1.54) is 0 Å². The number of anilines is 1. The number of carboxylic acids is 1. The van der Waals surface area contributed by atoms with Crippen molar-refractivity contribution in [3.05, 3.63) is 26.7 Å². The first-order chi connectivity index (χ1) is 8.08. The minimum Gasteiger partial charge on any atom is -0.477 e. The molecule has 0 amide bonds. The molecule has 7 heteroatoms. The average molecular weight is 269 g/mol. The number of hydrogen-bond acceptors (Lipinski definition) is 6. The fourth-order valence-corrected chi connectivity index (χ4v) is 2.84. The van der Waals surface area contributed by atoms with Gasteiger partial charge in [0.1, 0.15) is 4.88 Å². The molecule has 90 valence electrons. The Morgan fingerprint density at radius 3 is 2.76 bits per heavy atom. The van der Waals surface area contributed by atoms with Crippen LogP contribution in [0.1, 0.15) is 25.9 Å². The van der Waals surface area contributed by atoms with E-state index >= 15 is 0 Å². The molecule has 0 aliphatic heterocycles. The summed E-state index contributed by atoms with van der Waals surface area (Å²) < 4.78 is 0. The average Bonchev–Trinajstić information content (AvgIpc) is 2.82. The Hall–Kier alpha value is -1.47. The van der Waals surface area contributed by atoms with Crippen molar-refractivity contribution in [3.63, 3.8) is 0 Å². The molecule has 5 nitrogen and oxygen atoms in total. The quantitative estimate of drug-likeness (QED) is 0.892. The van der Waals surface area contributed by atoms with Crippen molar-refractivity contribution in [1.29, 1.82) is 0 Å². The summed E-state index contributed by atoms with van der Waals surface area (Å²) in [5, 5.41) is 12.7. The van der Waals surface area contributed by atoms with Gasteiger partial charge in [-0.25, -0.2) is 14.8 Å². The van der Waals surface area contributed by atoms with Crippen molar-refractivity contribution in [2.45, 2.75) is 20.4 Å². The minimum atomic E-state index is -0.929. The molecule has 2 N–H and O–H groups in total. The van der Waals surface area contributed by atoms with Crippen molar-refractivity contribution in [2.75, 3.05) is 5.32 Å². The van der Waals surface area contributed by atoms with Crippen molar-refractivity contribution >= 4 is 33.8 Å². The summed E-state index contributed by atoms with van der Waals surface area (Å²) >= 11 is 2.73. The van der Waals surface area contributed by atoms with Crippen LogP contribution in [0.3, 0.4) is 0 Å². The molecule has 0 atom stereocenters. The molecule has 0 aliphatic carbocycles. The van der Waals surface area contributed by atoms with E-state index in [4.69, 9.17) is 5.11 Å². The number of rotatable bonds is 4. The highest BCUT2D eigenvalue weighted by Gasteiger charge is 2.13. The van der Waals surface area contributed by atoms with Crippen molar-refractivity contribution in [3.8, 4) is 0 Å². The number of aromatic nitrogens is 2. The number of aryl methyl sites for hydroxylation is 2. The van der Waals surface area contributed by atoms with E-state index in [9.17, 15) is 4.79 Å². The monoisotopic (exact) mass is 269 g/mol. The van der Waals surface area contributed by atoms with Gasteiger partial charge in [0.05, 0.1) is 23.4 Å². The van der Waals surface area contributed by atoms with Crippen LogP contribution in [0.15, 0.2) is 5.51 Å². The maximum absolute atomic E-state index is 10.9. The highest BCUT2D eigenvalue weighted by atomic mass is 32.1. The van der Waals surface area contributed by atoms with E-state index in [2.05, 4.69) is 15.3 Å². The highest BCUT2D eigenvalue weighted by Crippen LogP contribution is 2.23. The number of aromatic carboxylic acids is 1. The number of carboxylic acid groups (broad SMARTS) is 1. The van der Waals surface area contributed by atoms with Crippen LogP contribution in [0.2, 0.25) is 0 Å². The Morgan fingerprint density at radius 1 is 1.47 bits per heavy atom. The molecule has 17 heavy (non-hydrogen) atoms. The first-order valence-electron chi connectivity index (χ1n) is 4.91. The van der Waals surface area contributed by atoms with Gasteiger partial charge in [-0.3, -0.25) is 0 Å². The topological polar surface area (TPSA) is 75.1 Å². The second-order valence-corrected chi connectivity index (χ2v) is 5.39. The molecule has 2 aromatic rings. The molecule has 0 bridgehead atoms. The van der Waals surface area contributed by atoms with Gasteiger partial charge in [-0.15, -0.1) is 11.3 Å².